The Bertz CT molecular complexity index is 1320. The molecule has 0 saturated carbocycles. The molecule has 4 aromatic rings. The molecule has 6 heteroatoms. The highest BCUT2D eigenvalue weighted by atomic mass is 32.1. The van der Waals surface area contributed by atoms with Gasteiger partial charge in [-0.05, 0) is 72.8 Å². The molecule has 0 fully saturated rings. The summed E-state index contributed by atoms with van der Waals surface area (Å²) in [5, 5.41) is 1.92. The highest BCUT2D eigenvalue weighted by molar-refractivity contribution is 7.12. The lowest BCUT2D eigenvalue weighted by atomic mass is 9.89. The maximum atomic E-state index is 14.0. The predicted octanol–water partition coefficient (Wildman–Crippen LogP) is 6.58. The van der Waals surface area contributed by atoms with E-state index in [4.69, 9.17) is 4.74 Å². The molecular weight excluding hydrogens is 456 g/mol. The summed E-state index contributed by atoms with van der Waals surface area (Å²) in [4.78, 5) is 31.9. The number of fused-ring (bicyclic) bond motifs is 1. The van der Waals surface area contributed by atoms with Crippen molar-refractivity contribution in [3.05, 3.63) is 112 Å². The van der Waals surface area contributed by atoms with E-state index in [0.717, 1.165) is 16.9 Å². The molecule has 0 N–H and O–H groups in total. The lowest BCUT2D eigenvalue weighted by Crippen LogP contribution is -2.47. The van der Waals surface area contributed by atoms with Crippen LogP contribution in [-0.4, -0.2) is 25.0 Å². The monoisotopic (exact) mass is 482 g/mol. The maximum absolute atomic E-state index is 14.0. The van der Waals surface area contributed by atoms with Gasteiger partial charge in [0, 0.05) is 23.0 Å². The Kier molecular flexibility index (Phi) is 6.38. The molecule has 0 saturated heterocycles. The molecule has 2 atom stereocenters. The first-order valence-electron chi connectivity index (χ1n) is 11.6. The molecule has 5 nitrogen and oxygen atoms in total. The number of hydrogen-bond donors (Lipinski definition) is 0. The van der Waals surface area contributed by atoms with Gasteiger partial charge in [-0.2, -0.15) is 0 Å². The number of ether oxygens (including phenoxy) is 1. The van der Waals surface area contributed by atoms with E-state index in [1.807, 2.05) is 81.9 Å². The van der Waals surface area contributed by atoms with Gasteiger partial charge in [-0.3, -0.25) is 9.59 Å². The number of amides is 2. The number of thiophene rings is 1. The number of hydrogen-bond acceptors (Lipinski definition) is 4. The highest BCUT2D eigenvalue weighted by Gasteiger charge is 2.39. The third-order valence-corrected chi connectivity index (χ3v) is 7.27. The third kappa shape index (κ3) is 4.33. The number of rotatable bonds is 5. The Morgan fingerprint density at radius 1 is 0.914 bits per heavy atom. The van der Waals surface area contributed by atoms with Gasteiger partial charge in [0.15, 0.2) is 0 Å². The van der Waals surface area contributed by atoms with Gasteiger partial charge in [0.05, 0.1) is 18.0 Å². The largest absolute Gasteiger partial charge is 0.497 e. The van der Waals surface area contributed by atoms with E-state index in [0.29, 0.717) is 22.6 Å². The summed E-state index contributed by atoms with van der Waals surface area (Å²) in [6.45, 7) is 2.05. The van der Waals surface area contributed by atoms with E-state index in [1.165, 1.54) is 11.3 Å². The fraction of sp³-hybridized carbons (Fsp3) is 0.172. The lowest BCUT2D eigenvalue weighted by molar-refractivity contribution is 0.0967. The number of benzene rings is 3. The molecule has 0 spiro atoms. The van der Waals surface area contributed by atoms with Gasteiger partial charge in [-0.25, -0.2) is 0 Å². The fourth-order valence-electron chi connectivity index (χ4n) is 4.75. The average Bonchev–Trinajstić information content (AvgIpc) is 3.44. The summed E-state index contributed by atoms with van der Waals surface area (Å²) in [6.07, 6.45) is 0.616. The second-order valence-electron chi connectivity index (χ2n) is 8.55. The van der Waals surface area contributed by atoms with Crippen LogP contribution in [0.4, 0.5) is 11.4 Å². The molecule has 3 aromatic carbocycles. The van der Waals surface area contributed by atoms with Gasteiger partial charge < -0.3 is 14.5 Å². The molecule has 0 radical (unpaired) electrons. The van der Waals surface area contributed by atoms with Crippen molar-refractivity contribution in [2.45, 2.75) is 25.4 Å². The Hall–Kier alpha value is -3.90. The standard InChI is InChI=1S/C29H26N2O3S/c1-20-19-26(24-11-6-7-12-25(24)30(20)29(33)27-13-8-18-35-27)31(22-9-4-3-5-10-22)28(32)21-14-16-23(34-2)17-15-21/h3-18,20,26H,19H2,1-2H3. The Morgan fingerprint density at radius 3 is 2.31 bits per heavy atom. The SMILES string of the molecule is COc1ccc(C(=O)N(c2ccccc2)C2CC(C)N(C(=O)c3cccs3)c3ccccc32)cc1. The number of carbonyl (C=O) groups is 2. The number of para-hydroxylation sites is 2. The molecule has 0 aliphatic carbocycles. The first kappa shape index (κ1) is 22.9. The average molecular weight is 483 g/mol. The fourth-order valence-corrected chi connectivity index (χ4v) is 5.41. The predicted molar refractivity (Wildman–Crippen MR) is 141 cm³/mol. The molecule has 1 aliphatic heterocycles. The quantitative estimate of drug-likeness (QED) is 0.323. The highest BCUT2D eigenvalue weighted by Crippen LogP contribution is 2.43. The lowest BCUT2D eigenvalue weighted by Gasteiger charge is -2.43. The van der Waals surface area contributed by atoms with E-state index >= 15 is 0 Å². The number of carbonyl (C=O) groups excluding carboxylic acids is 2. The zero-order chi connectivity index (χ0) is 24.4. The summed E-state index contributed by atoms with van der Waals surface area (Å²) in [6, 6.07) is 28.3. The van der Waals surface area contributed by atoms with Crippen molar-refractivity contribution in [3.8, 4) is 5.75 Å². The molecule has 2 unspecified atom stereocenters. The zero-order valence-electron chi connectivity index (χ0n) is 19.6. The minimum Gasteiger partial charge on any atom is -0.497 e. The van der Waals surface area contributed by atoms with Crippen molar-refractivity contribution in [3.63, 3.8) is 0 Å². The van der Waals surface area contributed by atoms with Gasteiger partial charge in [0.25, 0.3) is 11.8 Å². The Labute approximate surface area is 209 Å². The van der Waals surface area contributed by atoms with Crippen molar-refractivity contribution in [2.75, 3.05) is 16.9 Å². The summed E-state index contributed by atoms with van der Waals surface area (Å²) in [5.74, 6) is 0.599. The van der Waals surface area contributed by atoms with E-state index in [1.54, 1.807) is 31.4 Å². The summed E-state index contributed by atoms with van der Waals surface area (Å²) >= 11 is 1.44. The zero-order valence-corrected chi connectivity index (χ0v) is 20.4. The van der Waals surface area contributed by atoms with Gasteiger partial charge in [0.1, 0.15) is 5.75 Å². The third-order valence-electron chi connectivity index (χ3n) is 6.41. The van der Waals surface area contributed by atoms with E-state index in [9.17, 15) is 9.59 Å². The molecular formula is C29H26N2O3S. The summed E-state index contributed by atoms with van der Waals surface area (Å²) < 4.78 is 5.27. The van der Waals surface area contributed by atoms with Crippen molar-refractivity contribution in [1.82, 2.24) is 0 Å². The van der Waals surface area contributed by atoms with E-state index in [-0.39, 0.29) is 23.9 Å². The molecule has 2 amide bonds. The number of nitrogens with zero attached hydrogens (tertiary/aromatic N) is 2. The normalized spacial score (nSPS) is 16.9. The summed E-state index contributed by atoms with van der Waals surface area (Å²) in [5.41, 5.74) is 3.20. The van der Waals surface area contributed by atoms with Gasteiger partial charge in [-0.15, -0.1) is 11.3 Å². The Morgan fingerprint density at radius 2 is 1.63 bits per heavy atom. The molecule has 2 heterocycles. The topological polar surface area (TPSA) is 49.9 Å². The molecule has 1 aromatic heterocycles. The van der Waals surface area contributed by atoms with E-state index in [2.05, 4.69) is 6.92 Å². The van der Waals surface area contributed by atoms with Gasteiger partial charge in [0.2, 0.25) is 0 Å². The molecule has 35 heavy (non-hydrogen) atoms. The second kappa shape index (κ2) is 9.76. The van der Waals surface area contributed by atoms with Crippen LogP contribution in [0.3, 0.4) is 0 Å². The first-order valence-corrected chi connectivity index (χ1v) is 12.4. The van der Waals surface area contributed by atoms with Crippen LogP contribution >= 0.6 is 11.3 Å². The van der Waals surface area contributed by atoms with Crippen molar-refractivity contribution < 1.29 is 14.3 Å². The van der Waals surface area contributed by atoms with Crippen molar-refractivity contribution in [1.29, 1.82) is 0 Å². The smallest absolute Gasteiger partial charge is 0.268 e. The van der Waals surface area contributed by atoms with Crippen molar-refractivity contribution in [2.24, 2.45) is 0 Å². The van der Waals surface area contributed by atoms with Crippen LogP contribution in [0.2, 0.25) is 0 Å². The van der Waals surface area contributed by atoms with Crippen LogP contribution in [0.25, 0.3) is 0 Å². The van der Waals surface area contributed by atoms with Gasteiger partial charge in [-0.1, -0.05) is 42.5 Å². The van der Waals surface area contributed by atoms with Gasteiger partial charge >= 0.3 is 0 Å². The van der Waals surface area contributed by atoms with Crippen LogP contribution in [0.15, 0.2) is 96.4 Å². The second-order valence-corrected chi connectivity index (χ2v) is 9.50. The van der Waals surface area contributed by atoms with Crippen LogP contribution < -0.4 is 14.5 Å². The first-order chi connectivity index (χ1) is 17.1. The van der Waals surface area contributed by atoms with Crippen LogP contribution in [-0.2, 0) is 0 Å². The van der Waals surface area contributed by atoms with Crippen molar-refractivity contribution >= 4 is 34.5 Å². The van der Waals surface area contributed by atoms with E-state index < -0.39 is 0 Å². The summed E-state index contributed by atoms with van der Waals surface area (Å²) in [7, 11) is 1.61. The molecule has 0 bridgehead atoms. The molecule has 5 rings (SSSR count). The number of methoxy groups -OCH3 is 1. The van der Waals surface area contributed by atoms with Crippen LogP contribution in [0.5, 0.6) is 5.75 Å². The molecule has 1 aliphatic rings. The minimum atomic E-state index is -0.231. The van der Waals surface area contributed by atoms with Crippen LogP contribution in [0.1, 0.15) is 45.0 Å². The van der Waals surface area contributed by atoms with Crippen LogP contribution in [0, 0.1) is 0 Å². The maximum Gasteiger partial charge on any atom is 0.268 e. The number of anilines is 2. The Balaban J connectivity index is 1.60. The minimum absolute atomic E-state index is 0.00820. The molecule has 176 valence electrons.